The van der Waals surface area contributed by atoms with Crippen LogP contribution in [0.5, 0.6) is 0 Å². The second-order valence-electron chi connectivity index (χ2n) is 3.35. The first kappa shape index (κ1) is 12.7. The third kappa shape index (κ3) is 3.63. The highest BCUT2D eigenvalue weighted by Gasteiger charge is 2.22. The predicted molar refractivity (Wildman–Crippen MR) is 61.2 cm³/mol. The van der Waals surface area contributed by atoms with E-state index in [2.05, 4.69) is 10.0 Å². The Labute approximate surface area is 94.9 Å². The lowest BCUT2D eigenvalue weighted by molar-refractivity contribution is -0.122. The van der Waals surface area contributed by atoms with E-state index in [1.807, 2.05) is 0 Å². The Morgan fingerprint density at radius 3 is 2.25 bits per heavy atom. The van der Waals surface area contributed by atoms with Crippen molar-refractivity contribution >= 4 is 15.9 Å². The highest BCUT2D eigenvalue weighted by Crippen LogP contribution is 2.13. The Bertz CT molecular complexity index is 456. The van der Waals surface area contributed by atoms with Gasteiger partial charge in [0.05, 0.1) is 6.26 Å². The van der Waals surface area contributed by atoms with Gasteiger partial charge in [0.25, 0.3) is 0 Å². The molecule has 1 aromatic carbocycles. The zero-order valence-electron chi connectivity index (χ0n) is 9.10. The second kappa shape index (κ2) is 5.09. The van der Waals surface area contributed by atoms with Gasteiger partial charge in [-0.25, -0.2) is 8.42 Å². The van der Waals surface area contributed by atoms with Crippen molar-refractivity contribution in [2.75, 3.05) is 13.3 Å². The molecule has 0 fully saturated rings. The largest absolute Gasteiger partial charge is 0.357 e. The molecule has 88 valence electrons. The zero-order valence-corrected chi connectivity index (χ0v) is 9.91. The van der Waals surface area contributed by atoms with Gasteiger partial charge in [0.2, 0.25) is 15.9 Å². The van der Waals surface area contributed by atoms with Crippen LogP contribution in [-0.4, -0.2) is 27.6 Å². The van der Waals surface area contributed by atoms with Gasteiger partial charge in [0, 0.05) is 7.05 Å². The van der Waals surface area contributed by atoms with E-state index in [1.54, 1.807) is 30.3 Å². The summed E-state index contributed by atoms with van der Waals surface area (Å²) in [6.07, 6.45) is 1.02. The topological polar surface area (TPSA) is 75.3 Å². The predicted octanol–water partition coefficient (Wildman–Crippen LogP) is 0.0229. The zero-order chi connectivity index (χ0) is 12.2. The average molecular weight is 242 g/mol. The molecule has 2 N–H and O–H groups in total. The number of rotatable bonds is 4. The van der Waals surface area contributed by atoms with E-state index >= 15 is 0 Å². The van der Waals surface area contributed by atoms with E-state index in [-0.39, 0.29) is 0 Å². The third-order valence-corrected chi connectivity index (χ3v) is 2.64. The maximum atomic E-state index is 11.6. The van der Waals surface area contributed by atoms with Crippen LogP contribution in [0.15, 0.2) is 30.3 Å². The minimum absolute atomic E-state index is 0.392. The molecule has 0 aliphatic carbocycles. The molecule has 1 rings (SSSR count). The van der Waals surface area contributed by atoms with Crippen molar-refractivity contribution in [3.05, 3.63) is 35.9 Å². The van der Waals surface area contributed by atoms with Crippen LogP contribution in [0.4, 0.5) is 0 Å². The smallest absolute Gasteiger partial charge is 0.242 e. The highest BCUT2D eigenvalue weighted by atomic mass is 32.2. The molecular weight excluding hydrogens is 228 g/mol. The Kier molecular flexibility index (Phi) is 4.03. The fourth-order valence-electron chi connectivity index (χ4n) is 1.28. The van der Waals surface area contributed by atoms with Gasteiger partial charge in [0.1, 0.15) is 6.04 Å². The van der Waals surface area contributed by atoms with Gasteiger partial charge in [-0.3, -0.25) is 4.79 Å². The van der Waals surface area contributed by atoms with Crippen molar-refractivity contribution < 1.29 is 13.2 Å². The second-order valence-corrected chi connectivity index (χ2v) is 5.13. The van der Waals surface area contributed by atoms with Crippen LogP contribution in [0, 0.1) is 0 Å². The quantitative estimate of drug-likeness (QED) is 0.781. The molecule has 0 spiro atoms. The van der Waals surface area contributed by atoms with Crippen molar-refractivity contribution in [2.24, 2.45) is 0 Å². The number of benzene rings is 1. The highest BCUT2D eigenvalue weighted by molar-refractivity contribution is 7.88. The van der Waals surface area contributed by atoms with Crippen LogP contribution in [-0.2, 0) is 14.8 Å². The molecule has 16 heavy (non-hydrogen) atoms. The monoisotopic (exact) mass is 242 g/mol. The summed E-state index contributed by atoms with van der Waals surface area (Å²) in [6, 6.07) is 7.78. The number of likely N-dealkylation sites (N-methyl/N-ethyl adjacent to an activating group) is 1. The number of amides is 1. The standard InChI is InChI=1S/C10H14N2O3S/c1-11-10(13)9(12-16(2,14)15)8-6-4-3-5-7-8/h3-7,9,12H,1-2H3,(H,11,13). The number of sulfonamides is 1. The maximum Gasteiger partial charge on any atom is 0.242 e. The molecule has 0 heterocycles. The van der Waals surface area contributed by atoms with Crippen LogP contribution in [0.25, 0.3) is 0 Å². The summed E-state index contributed by atoms with van der Waals surface area (Å²) in [5.74, 6) is -0.392. The van der Waals surface area contributed by atoms with Crippen molar-refractivity contribution in [1.82, 2.24) is 10.0 Å². The Morgan fingerprint density at radius 2 is 1.81 bits per heavy atom. The first-order valence-corrected chi connectivity index (χ1v) is 6.57. The summed E-state index contributed by atoms with van der Waals surface area (Å²) in [4.78, 5) is 11.6. The first-order valence-electron chi connectivity index (χ1n) is 4.68. The number of carbonyl (C=O) groups excluding carboxylic acids is 1. The van der Waals surface area contributed by atoms with Crippen LogP contribution in [0.3, 0.4) is 0 Å². The van der Waals surface area contributed by atoms with Crippen LogP contribution < -0.4 is 10.0 Å². The Morgan fingerprint density at radius 1 is 1.25 bits per heavy atom. The molecule has 1 unspecified atom stereocenters. The molecule has 0 saturated carbocycles. The van der Waals surface area contributed by atoms with Crippen LogP contribution in [0.1, 0.15) is 11.6 Å². The molecule has 0 radical (unpaired) electrons. The number of hydrogen-bond acceptors (Lipinski definition) is 3. The van der Waals surface area contributed by atoms with Gasteiger partial charge in [-0.15, -0.1) is 0 Å². The van der Waals surface area contributed by atoms with Gasteiger partial charge in [-0.1, -0.05) is 30.3 Å². The molecular formula is C10H14N2O3S. The summed E-state index contributed by atoms with van der Waals surface area (Å²) in [5.41, 5.74) is 0.604. The van der Waals surface area contributed by atoms with E-state index in [4.69, 9.17) is 0 Å². The van der Waals surface area contributed by atoms with Gasteiger partial charge in [-0.2, -0.15) is 4.72 Å². The fourth-order valence-corrected chi connectivity index (χ4v) is 1.95. The molecule has 6 heteroatoms. The van der Waals surface area contributed by atoms with E-state index in [0.29, 0.717) is 5.56 Å². The first-order chi connectivity index (χ1) is 7.44. The van der Waals surface area contributed by atoms with Crippen molar-refractivity contribution in [1.29, 1.82) is 0 Å². The lowest BCUT2D eigenvalue weighted by atomic mass is 10.1. The average Bonchev–Trinajstić information content (AvgIpc) is 2.25. The SMILES string of the molecule is CNC(=O)C(NS(C)(=O)=O)c1ccccc1. The number of nitrogens with one attached hydrogen (secondary N) is 2. The Balaban J connectivity index is 3.02. The molecule has 1 atom stereocenters. The van der Waals surface area contributed by atoms with Crippen molar-refractivity contribution in [3.63, 3.8) is 0 Å². The molecule has 0 aliphatic rings. The fraction of sp³-hybridized carbons (Fsp3) is 0.300. The molecule has 0 saturated heterocycles. The van der Waals surface area contributed by atoms with Gasteiger partial charge in [-0.05, 0) is 5.56 Å². The maximum absolute atomic E-state index is 11.6. The van der Waals surface area contributed by atoms with E-state index in [9.17, 15) is 13.2 Å². The molecule has 0 bridgehead atoms. The molecule has 0 aliphatic heterocycles. The lowest BCUT2D eigenvalue weighted by Gasteiger charge is -2.16. The van der Waals surface area contributed by atoms with Crippen LogP contribution in [0.2, 0.25) is 0 Å². The molecule has 5 nitrogen and oxygen atoms in total. The van der Waals surface area contributed by atoms with E-state index in [1.165, 1.54) is 7.05 Å². The summed E-state index contributed by atoms with van der Waals surface area (Å²) in [6.45, 7) is 0. The van der Waals surface area contributed by atoms with Crippen molar-refractivity contribution in [2.45, 2.75) is 6.04 Å². The molecule has 1 aromatic rings. The normalized spacial score (nSPS) is 13.1. The van der Waals surface area contributed by atoms with Gasteiger partial charge >= 0.3 is 0 Å². The molecule has 1 amide bonds. The van der Waals surface area contributed by atoms with E-state index in [0.717, 1.165) is 6.26 Å². The summed E-state index contributed by atoms with van der Waals surface area (Å²) in [5, 5.41) is 2.42. The van der Waals surface area contributed by atoms with E-state index < -0.39 is 22.0 Å². The van der Waals surface area contributed by atoms with Crippen LogP contribution >= 0.6 is 0 Å². The van der Waals surface area contributed by atoms with Crippen molar-refractivity contribution in [3.8, 4) is 0 Å². The van der Waals surface area contributed by atoms with Gasteiger partial charge in [0.15, 0.2) is 0 Å². The Hall–Kier alpha value is -1.40. The summed E-state index contributed by atoms with van der Waals surface area (Å²) < 4.78 is 24.6. The number of carbonyl (C=O) groups is 1. The molecule has 0 aromatic heterocycles. The third-order valence-electron chi connectivity index (χ3n) is 1.97. The summed E-state index contributed by atoms with van der Waals surface area (Å²) >= 11 is 0. The number of hydrogen-bond donors (Lipinski definition) is 2. The lowest BCUT2D eigenvalue weighted by Crippen LogP contribution is -2.38. The summed E-state index contributed by atoms with van der Waals surface area (Å²) in [7, 11) is -1.98. The minimum atomic E-state index is -3.44. The minimum Gasteiger partial charge on any atom is -0.357 e. The van der Waals surface area contributed by atoms with Gasteiger partial charge < -0.3 is 5.32 Å².